The van der Waals surface area contributed by atoms with Crippen LogP contribution in [0, 0.1) is 16.0 Å². The second kappa shape index (κ2) is 9.02. The van der Waals surface area contributed by atoms with Crippen LogP contribution in [0.2, 0.25) is 0 Å². The minimum atomic E-state index is -0.467. The SMILES string of the molecule is CC([C-]=O)CSSc1ncccc1[N+](=O)[O-].[Y]. The van der Waals surface area contributed by atoms with E-state index in [0.29, 0.717) is 10.8 Å². The number of pyridine rings is 1. The fourth-order valence-corrected chi connectivity index (χ4v) is 3.13. The average molecular weight is 346 g/mol. The molecular formula is C9H9N2O3S2Y-. The Balaban J connectivity index is 0.00000256. The zero-order chi connectivity index (χ0) is 12.0. The van der Waals surface area contributed by atoms with Crippen molar-refractivity contribution in [2.75, 3.05) is 5.75 Å². The van der Waals surface area contributed by atoms with Crippen LogP contribution in [0.15, 0.2) is 23.4 Å². The van der Waals surface area contributed by atoms with E-state index in [4.69, 9.17) is 0 Å². The van der Waals surface area contributed by atoms with Crippen molar-refractivity contribution in [3.8, 4) is 0 Å². The molecule has 0 N–H and O–H groups in total. The largest absolute Gasteiger partial charge is 0.541 e. The minimum absolute atomic E-state index is 0. The first-order valence-electron chi connectivity index (χ1n) is 4.41. The van der Waals surface area contributed by atoms with Gasteiger partial charge in [0, 0.05) is 45.0 Å². The molecule has 1 unspecified atom stereocenters. The van der Waals surface area contributed by atoms with Gasteiger partial charge in [0.05, 0.1) is 4.92 Å². The summed E-state index contributed by atoms with van der Waals surface area (Å²) in [5.41, 5.74) is -0.0114. The van der Waals surface area contributed by atoms with E-state index in [2.05, 4.69) is 4.98 Å². The number of hydrogen-bond acceptors (Lipinski definition) is 6. The molecular weight excluding hydrogens is 337 g/mol. The molecule has 0 spiro atoms. The summed E-state index contributed by atoms with van der Waals surface area (Å²) in [6.07, 6.45) is 3.36. The molecule has 17 heavy (non-hydrogen) atoms. The van der Waals surface area contributed by atoms with Gasteiger partial charge in [0.25, 0.3) is 0 Å². The fraction of sp³-hybridized carbons (Fsp3) is 0.333. The maximum Gasteiger partial charge on any atom is 0.302 e. The van der Waals surface area contributed by atoms with E-state index >= 15 is 0 Å². The normalized spacial score (nSPS) is 11.4. The summed E-state index contributed by atoms with van der Waals surface area (Å²) in [5, 5.41) is 11.0. The topological polar surface area (TPSA) is 73.1 Å². The van der Waals surface area contributed by atoms with Gasteiger partial charge in [0.15, 0.2) is 5.03 Å². The van der Waals surface area contributed by atoms with Crippen molar-refractivity contribution in [3.05, 3.63) is 28.4 Å². The first kappa shape index (κ1) is 17.0. The maximum absolute atomic E-state index is 10.7. The molecule has 0 aliphatic rings. The van der Waals surface area contributed by atoms with Gasteiger partial charge in [-0.15, -0.1) is 5.92 Å². The van der Waals surface area contributed by atoms with Crippen molar-refractivity contribution in [2.45, 2.75) is 11.9 Å². The molecule has 5 nitrogen and oxygen atoms in total. The first-order valence-corrected chi connectivity index (χ1v) is 6.73. The van der Waals surface area contributed by atoms with E-state index in [1.165, 1.54) is 39.9 Å². The Morgan fingerprint density at radius 2 is 2.35 bits per heavy atom. The maximum atomic E-state index is 10.7. The average Bonchev–Trinajstić information content (AvgIpc) is 2.29. The number of hydrogen-bond donors (Lipinski definition) is 0. The van der Waals surface area contributed by atoms with Crippen LogP contribution in [0.3, 0.4) is 0 Å². The molecule has 0 aromatic carbocycles. The van der Waals surface area contributed by atoms with Crippen molar-refractivity contribution >= 4 is 33.6 Å². The van der Waals surface area contributed by atoms with Crippen molar-refractivity contribution in [1.29, 1.82) is 0 Å². The van der Waals surface area contributed by atoms with Crippen LogP contribution < -0.4 is 0 Å². The third kappa shape index (κ3) is 5.94. The predicted octanol–water partition coefficient (Wildman–Crippen LogP) is 2.47. The van der Waals surface area contributed by atoms with Crippen LogP contribution >= 0.6 is 21.6 Å². The Labute approximate surface area is 132 Å². The first-order chi connectivity index (χ1) is 7.65. The van der Waals surface area contributed by atoms with Gasteiger partial charge in [-0.2, -0.15) is 0 Å². The van der Waals surface area contributed by atoms with Gasteiger partial charge in [-0.05, 0) is 22.6 Å². The molecule has 0 saturated heterocycles. The Bertz CT molecular complexity index is 392. The molecule has 0 bridgehead atoms. The molecule has 1 atom stereocenters. The molecule has 1 heterocycles. The molecule has 0 saturated carbocycles. The van der Waals surface area contributed by atoms with E-state index in [1.54, 1.807) is 6.92 Å². The summed E-state index contributed by atoms with van der Waals surface area (Å²) in [4.78, 5) is 24.4. The van der Waals surface area contributed by atoms with Crippen molar-refractivity contribution in [1.82, 2.24) is 4.98 Å². The van der Waals surface area contributed by atoms with E-state index < -0.39 is 4.92 Å². The van der Waals surface area contributed by atoms with Gasteiger partial charge < -0.3 is 4.79 Å². The zero-order valence-corrected chi connectivity index (χ0v) is 13.5. The third-order valence-corrected chi connectivity index (χ3v) is 4.07. The monoisotopic (exact) mass is 346 g/mol. The number of carbonyl (C=O) groups excluding carboxylic acids is 1. The minimum Gasteiger partial charge on any atom is -0.541 e. The molecule has 1 rings (SSSR count). The molecule has 1 radical (unpaired) electrons. The molecule has 0 aliphatic heterocycles. The van der Waals surface area contributed by atoms with Crippen LogP contribution in [0.5, 0.6) is 0 Å². The Kier molecular flexibility index (Phi) is 9.03. The Morgan fingerprint density at radius 3 is 2.94 bits per heavy atom. The van der Waals surface area contributed by atoms with Crippen molar-refractivity contribution in [3.63, 3.8) is 0 Å². The van der Waals surface area contributed by atoms with E-state index in [0.717, 1.165) is 0 Å². The van der Waals surface area contributed by atoms with Crippen molar-refractivity contribution < 1.29 is 42.4 Å². The summed E-state index contributed by atoms with van der Waals surface area (Å²) in [6.45, 7) is 1.74. The van der Waals surface area contributed by atoms with Crippen LogP contribution in [-0.2, 0) is 37.5 Å². The van der Waals surface area contributed by atoms with Crippen LogP contribution in [-0.4, -0.2) is 21.9 Å². The number of aromatic nitrogens is 1. The summed E-state index contributed by atoms with van der Waals surface area (Å²) >= 11 is 0. The molecule has 8 heteroatoms. The van der Waals surface area contributed by atoms with Crippen LogP contribution in [0.1, 0.15) is 6.92 Å². The number of nitro groups is 1. The molecule has 1 aromatic heterocycles. The van der Waals surface area contributed by atoms with Gasteiger partial charge in [-0.1, -0.05) is 17.7 Å². The molecule has 0 fully saturated rings. The number of nitrogens with zero attached hydrogens (tertiary/aromatic N) is 2. The van der Waals surface area contributed by atoms with Gasteiger partial charge >= 0.3 is 5.69 Å². The van der Waals surface area contributed by atoms with E-state index in [9.17, 15) is 14.9 Å². The number of rotatable bonds is 6. The smallest absolute Gasteiger partial charge is 0.302 e. The summed E-state index contributed by atoms with van der Waals surface area (Å²) < 4.78 is 0. The second-order valence-electron chi connectivity index (χ2n) is 2.97. The van der Waals surface area contributed by atoms with Crippen molar-refractivity contribution in [2.24, 2.45) is 5.92 Å². The van der Waals surface area contributed by atoms with Gasteiger partial charge in [0.1, 0.15) is 0 Å². The molecule has 1 aromatic rings. The Morgan fingerprint density at radius 1 is 1.65 bits per heavy atom. The zero-order valence-electron chi connectivity index (χ0n) is 9.03. The molecule has 89 valence electrons. The standard InChI is InChI=1S/C9H9N2O3S2.Y/c1-7(5-12)6-15-16-9-8(11(13)14)3-2-4-10-9;/h2-4,7H,6H2,1H3;/q-1;. The van der Waals surface area contributed by atoms with E-state index in [1.807, 2.05) is 6.29 Å². The summed E-state index contributed by atoms with van der Waals surface area (Å²) in [5.74, 6) is 0.377. The third-order valence-electron chi connectivity index (χ3n) is 1.60. The second-order valence-corrected chi connectivity index (χ2v) is 5.30. The van der Waals surface area contributed by atoms with Gasteiger partial charge in [0.2, 0.25) is 0 Å². The quantitative estimate of drug-likeness (QED) is 0.341. The summed E-state index contributed by atoms with van der Waals surface area (Å²) in [6, 6.07) is 2.93. The summed E-state index contributed by atoms with van der Waals surface area (Å²) in [7, 11) is 2.56. The Hall–Kier alpha value is 0.0239. The fourth-order valence-electron chi connectivity index (χ4n) is 0.811. The van der Waals surface area contributed by atoms with Crippen LogP contribution in [0.4, 0.5) is 5.69 Å². The van der Waals surface area contributed by atoms with Crippen LogP contribution in [0.25, 0.3) is 0 Å². The van der Waals surface area contributed by atoms with E-state index in [-0.39, 0.29) is 44.3 Å². The molecule has 0 amide bonds. The predicted molar refractivity (Wildman–Crippen MR) is 64.1 cm³/mol. The van der Waals surface area contributed by atoms with Gasteiger partial charge in [-0.3, -0.25) is 16.4 Å². The molecule has 0 aliphatic carbocycles. The van der Waals surface area contributed by atoms with Gasteiger partial charge in [-0.25, -0.2) is 4.98 Å².